The fraction of sp³-hybridized carbons (Fsp3) is 0.160. The first kappa shape index (κ1) is 22.1. The van der Waals surface area contributed by atoms with Gasteiger partial charge in [-0.2, -0.15) is 4.68 Å². The Balaban J connectivity index is 1.41. The van der Waals surface area contributed by atoms with Gasteiger partial charge in [-0.15, -0.1) is 0 Å². The van der Waals surface area contributed by atoms with Gasteiger partial charge in [-0.05, 0) is 34.9 Å². The number of pyridine rings is 1. The van der Waals surface area contributed by atoms with Crippen LogP contribution in [0.25, 0.3) is 22.4 Å². The van der Waals surface area contributed by atoms with Gasteiger partial charge in [-0.1, -0.05) is 48.0 Å². The van der Waals surface area contributed by atoms with Gasteiger partial charge in [0, 0.05) is 48.5 Å². The zero-order valence-electron chi connectivity index (χ0n) is 18.2. The van der Waals surface area contributed by atoms with Crippen molar-refractivity contribution in [2.45, 2.75) is 6.04 Å². The summed E-state index contributed by atoms with van der Waals surface area (Å²) in [5, 5.41) is 4.21. The summed E-state index contributed by atoms with van der Waals surface area (Å²) in [5.41, 5.74) is 3.26. The largest absolute Gasteiger partial charge is 0.338 e. The number of hydrogen-bond donors (Lipinski definition) is 2. The molecule has 3 N–H and O–H groups in total. The smallest absolute Gasteiger partial charge is 0.273 e. The molecule has 0 saturated carbocycles. The maximum atomic E-state index is 14.3. The average molecular weight is 477 g/mol. The molecule has 0 aliphatic carbocycles. The average Bonchev–Trinajstić information content (AvgIpc) is 2.87. The lowest BCUT2D eigenvalue weighted by Crippen LogP contribution is -2.48. The van der Waals surface area contributed by atoms with Crippen LogP contribution in [0.1, 0.15) is 11.6 Å². The van der Waals surface area contributed by atoms with Crippen molar-refractivity contribution < 1.29 is 4.39 Å². The van der Waals surface area contributed by atoms with Crippen LogP contribution in [0.5, 0.6) is 0 Å². The fourth-order valence-corrected chi connectivity index (χ4v) is 4.25. The third-order valence-electron chi connectivity index (χ3n) is 5.93. The molecule has 1 aliphatic rings. The molecule has 1 aliphatic heterocycles. The second-order valence-electron chi connectivity index (χ2n) is 8.09. The Bertz CT molecular complexity index is 1370. The number of anilines is 1. The zero-order valence-corrected chi connectivity index (χ0v) is 18.9. The number of nitrogens with one attached hydrogen (secondary N) is 1. The van der Waals surface area contributed by atoms with Gasteiger partial charge in [0.25, 0.3) is 5.56 Å². The molecule has 5 rings (SSSR count). The highest BCUT2D eigenvalue weighted by Crippen LogP contribution is 2.26. The van der Waals surface area contributed by atoms with Crippen molar-refractivity contribution in [2.75, 3.05) is 30.4 Å². The fourth-order valence-electron chi connectivity index (χ4n) is 4.13. The van der Waals surface area contributed by atoms with Crippen molar-refractivity contribution in [2.24, 2.45) is 0 Å². The van der Waals surface area contributed by atoms with Gasteiger partial charge >= 0.3 is 0 Å². The Kier molecular flexibility index (Phi) is 6.00. The summed E-state index contributed by atoms with van der Waals surface area (Å²) >= 11 is 5.99. The molecule has 0 radical (unpaired) electrons. The first-order valence-electron chi connectivity index (χ1n) is 10.8. The van der Waals surface area contributed by atoms with Crippen molar-refractivity contribution in [1.82, 2.24) is 20.0 Å². The number of halogens is 2. The van der Waals surface area contributed by atoms with E-state index in [2.05, 4.69) is 39.6 Å². The van der Waals surface area contributed by atoms with Crippen LogP contribution >= 0.6 is 11.6 Å². The van der Waals surface area contributed by atoms with Crippen LogP contribution < -0.4 is 21.6 Å². The molecular formula is C25H22ClFN6O. The first-order chi connectivity index (χ1) is 16.5. The predicted octanol–water partition coefficient (Wildman–Crippen LogP) is 3.63. The molecule has 0 amide bonds. The van der Waals surface area contributed by atoms with Crippen LogP contribution in [-0.4, -0.2) is 34.3 Å². The van der Waals surface area contributed by atoms with E-state index in [1.165, 1.54) is 18.3 Å². The SMILES string of the molecule is Nn1c(N2CCN[C@@H](c3ccc(-c4ccc(Cl)cc4)cc3)C2)nc(-c2ccncc2F)cc1=O. The van der Waals surface area contributed by atoms with E-state index >= 15 is 0 Å². The molecule has 0 bridgehead atoms. The van der Waals surface area contributed by atoms with Crippen LogP contribution in [0.15, 0.2) is 77.9 Å². The second kappa shape index (κ2) is 9.24. The molecule has 2 aromatic carbocycles. The van der Waals surface area contributed by atoms with Crippen LogP contribution in [0.2, 0.25) is 5.02 Å². The molecule has 1 fully saturated rings. The van der Waals surface area contributed by atoms with Crippen LogP contribution in [0.3, 0.4) is 0 Å². The lowest BCUT2D eigenvalue weighted by molar-refractivity contribution is 0.463. The number of rotatable bonds is 4. The summed E-state index contributed by atoms with van der Waals surface area (Å²) in [6.07, 6.45) is 2.56. The number of hydrogen-bond acceptors (Lipinski definition) is 6. The van der Waals surface area contributed by atoms with E-state index in [4.69, 9.17) is 17.4 Å². The van der Waals surface area contributed by atoms with E-state index in [9.17, 15) is 9.18 Å². The van der Waals surface area contributed by atoms with E-state index in [0.29, 0.717) is 30.6 Å². The summed E-state index contributed by atoms with van der Waals surface area (Å²) in [5.74, 6) is 5.79. The van der Waals surface area contributed by atoms with Crippen molar-refractivity contribution in [3.05, 3.63) is 99.8 Å². The van der Waals surface area contributed by atoms with Gasteiger partial charge in [-0.3, -0.25) is 9.78 Å². The minimum Gasteiger partial charge on any atom is -0.338 e. The van der Waals surface area contributed by atoms with E-state index in [1.807, 2.05) is 29.2 Å². The van der Waals surface area contributed by atoms with Gasteiger partial charge in [0.05, 0.1) is 11.9 Å². The van der Waals surface area contributed by atoms with Gasteiger partial charge < -0.3 is 16.1 Å². The van der Waals surface area contributed by atoms with E-state index < -0.39 is 11.4 Å². The van der Waals surface area contributed by atoms with Crippen molar-refractivity contribution in [3.63, 3.8) is 0 Å². The third-order valence-corrected chi connectivity index (χ3v) is 6.18. The highest BCUT2D eigenvalue weighted by Gasteiger charge is 2.25. The van der Waals surface area contributed by atoms with Crippen molar-refractivity contribution in [3.8, 4) is 22.4 Å². The number of nitrogens with zero attached hydrogens (tertiary/aromatic N) is 4. The predicted molar refractivity (Wildman–Crippen MR) is 132 cm³/mol. The lowest BCUT2D eigenvalue weighted by atomic mass is 9.99. The van der Waals surface area contributed by atoms with Crippen LogP contribution in [0.4, 0.5) is 10.3 Å². The molecule has 7 nitrogen and oxygen atoms in total. The monoisotopic (exact) mass is 476 g/mol. The van der Waals surface area contributed by atoms with Gasteiger partial charge in [-0.25, -0.2) is 9.37 Å². The van der Waals surface area contributed by atoms with Gasteiger partial charge in [0.15, 0.2) is 5.82 Å². The number of piperazine rings is 1. The lowest BCUT2D eigenvalue weighted by Gasteiger charge is -2.35. The summed E-state index contributed by atoms with van der Waals surface area (Å²) in [6.45, 7) is 1.82. The molecule has 172 valence electrons. The first-order valence-corrected chi connectivity index (χ1v) is 11.2. The maximum absolute atomic E-state index is 14.3. The quantitative estimate of drug-likeness (QED) is 0.437. The second-order valence-corrected chi connectivity index (χ2v) is 8.52. The molecule has 34 heavy (non-hydrogen) atoms. The Morgan fingerprint density at radius 1 is 1.06 bits per heavy atom. The summed E-state index contributed by atoms with van der Waals surface area (Å²) in [6, 6.07) is 18.8. The minimum absolute atomic E-state index is 0.00578. The molecule has 1 atom stereocenters. The molecule has 9 heteroatoms. The van der Waals surface area contributed by atoms with E-state index in [0.717, 1.165) is 27.6 Å². The number of nitrogen functional groups attached to an aromatic ring is 1. The Morgan fingerprint density at radius 3 is 2.47 bits per heavy atom. The normalized spacial score (nSPS) is 15.9. The molecular weight excluding hydrogens is 455 g/mol. The summed E-state index contributed by atoms with van der Waals surface area (Å²) in [7, 11) is 0. The standard InChI is InChI=1S/C25H22ClFN6O/c26-19-7-5-17(6-8-19)16-1-3-18(4-2-16)23-15-32(12-11-30-23)25-31-22(13-24(34)33(25)28)20-9-10-29-14-21(20)27/h1-10,13-14,23,30H,11-12,15,28H2/t23-/m1/s1. The third kappa shape index (κ3) is 4.37. The molecule has 3 heterocycles. The Hall–Kier alpha value is -3.75. The van der Waals surface area contributed by atoms with Crippen molar-refractivity contribution >= 4 is 17.5 Å². The highest BCUT2D eigenvalue weighted by atomic mass is 35.5. The zero-order chi connectivity index (χ0) is 23.7. The maximum Gasteiger partial charge on any atom is 0.273 e. The summed E-state index contributed by atoms with van der Waals surface area (Å²) < 4.78 is 15.3. The molecule has 4 aromatic rings. The molecule has 1 saturated heterocycles. The highest BCUT2D eigenvalue weighted by molar-refractivity contribution is 6.30. The van der Waals surface area contributed by atoms with Gasteiger partial charge in [0.1, 0.15) is 0 Å². The Morgan fingerprint density at radius 2 is 1.76 bits per heavy atom. The molecule has 2 aromatic heterocycles. The van der Waals surface area contributed by atoms with Gasteiger partial charge in [0.2, 0.25) is 5.95 Å². The molecule has 0 spiro atoms. The Labute approximate surface area is 200 Å². The van der Waals surface area contributed by atoms with E-state index in [-0.39, 0.29) is 17.3 Å². The van der Waals surface area contributed by atoms with E-state index in [1.54, 1.807) is 0 Å². The van der Waals surface area contributed by atoms with Crippen LogP contribution in [0, 0.1) is 5.82 Å². The summed E-state index contributed by atoms with van der Waals surface area (Å²) in [4.78, 5) is 22.8. The minimum atomic E-state index is -0.547. The number of aromatic nitrogens is 3. The topological polar surface area (TPSA) is 89.1 Å². The molecule has 0 unspecified atom stereocenters. The number of benzene rings is 2. The van der Waals surface area contributed by atoms with Crippen molar-refractivity contribution in [1.29, 1.82) is 0 Å². The number of nitrogens with two attached hydrogens (primary N) is 1. The van der Waals surface area contributed by atoms with Crippen LogP contribution in [-0.2, 0) is 0 Å².